The van der Waals surface area contributed by atoms with Gasteiger partial charge in [-0.05, 0) is 25.7 Å². The molecular formula is C13H20N2O3. The maximum atomic E-state index is 12.2. The van der Waals surface area contributed by atoms with Crippen LogP contribution in [0.5, 0.6) is 0 Å². The number of cyclic esters (lactones) is 1. The number of carbonyl (C=O) groups excluding carboxylic acids is 2. The van der Waals surface area contributed by atoms with Crippen molar-refractivity contribution < 1.29 is 14.3 Å². The molecule has 0 aliphatic carbocycles. The fraction of sp³-hybridized carbons (Fsp3) is 0.692. The third kappa shape index (κ3) is 3.10. The average molecular weight is 252 g/mol. The van der Waals surface area contributed by atoms with E-state index in [1.165, 1.54) is 0 Å². The standard InChI is InChI=1S/C13H20N2O3/c14-11-6-2-1-3-7-12(16)18-9-10-5-4-8-15(10)13(11)17/h1-2,10-11H,3-9,14H2/b2-1-/t10-,11+/m0/s1. The lowest BCUT2D eigenvalue weighted by atomic mass is 10.1. The molecule has 1 saturated heterocycles. The molecule has 5 heteroatoms. The van der Waals surface area contributed by atoms with Gasteiger partial charge in [0.1, 0.15) is 6.61 Å². The quantitative estimate of drug-likeness (QED) is 0.506. The van der Waals surface area contributed by atoms with Crippen LogP contribution in [0.25, 0.3) is 0 Å². The summed E-state index contributed by atoms with van der Waals surface area (Å²) in [6.45, 7) is 1.03. The zero-order chi connectivity index (χ0) is 13.0. The van der Waals surface area contributed by atoms with E-state index in [4.69, 9.17) is 10.5 Å². The SMILES string of the molecule is N[C@@H]1C/C=C\CCC(=O)OC[C@@H]2CCCN2C1=O. The van der Waals surface area contributed by atoms with Crippen LogP contribution in [-0.4, -0.2) is 42.0 Å². The van der Waals surface area contributed by atoms with Crippen molar-refractivity contribution in [3.05, 3.63) is 12.2 Å². The number of hydrogen-bond donors (Lipinski definition) is 1. The van der Waals surface area contributed by atoms with E-state index in [9.17, 15) is 9.59 Å². The van der Waals surface area contributed by atoms with Crippen molar-refractivity contribution in [3.63, 3.8) is 0 Å². The second-order valence-electron chi connectivity index (χ2n) is 4.86. The Hall–Kier alpha value is -1.36. The zero-order valence-corrected chi connectivity index (χ0v) is 10.5. The van der Waals surface area contributed by atoms with Gasteiger partial charge in [-0.15, -0.1) is 0 Å². The van der Waals surface area contributed by atoms with Crippen LogP contribution < -0.4 is 5.73 Å². The van der Waals surface area contributed by atoms with Gasteiger partial charge >= 0.3 is 5.97 Å². The molecule has 0 unspecified atom stereocenters. The van der Waals surface area contributed by atoms with Crippen LogP contribution in [0.15, 0.2) is 12.2 Å². The first kappa shape index (κ1) is 13.1. The minimum atomic E-state index is -0.475. The molecule has 2 rings (SSSR count). The molecule has 0 radical (unpaired) electrons. The van der Waals surface area contributed by atoms with E-state index in [2.05, 4.69) is 0 Å². The highest BCUT2D eigenvalue weighted by molar-refractivity contribution is 5.82. The lowest BCUT2D eigenvalue weighted by Gasteiger charge is -2.27. The maximum Gasteiger partial charge on any atom is 0.306 e. The number of carbonyl (C=O) groups is 2. The molecule has 100 valence electrons. The van der Waals surface area contributed by atoms with Gasteiger partial charge in [0.2, 0.25) is 5.91 Å². The van der Waals surface area contributed by atoms with Crippen LogP contribution in [0.1, 0.15) is 32.1 Å². The first-order valence-corrected chi connectivity index (χ1v) is 6.55. The second kappa shape index (κ2) is 6.00. The molecule has 0 aromatic heterocycles. The van der Waals surface area contributed by atoms with Crippen molar-refractivity contribution in [3.8, 4) is 0 Å². The monoisotopic (exact) mass is 252 g/mol. The molecule has 2 N–H and O–H groups in total. The molecule has 0 aromatic rings. The number of amides is 1. The van der Waals surface area contributed by atoms with E-state index in [1.807, 2.05) is 12.2 Å². The van der Waals surface area contributed by atoms with Gasteiger partial charge in [0, 0.05) is 13.0 Å². The van der Waals surface area contributed by atoms with Crippen LogP contribution in [0.2, 0.25) is 0 Å². The molecule has 2 atom stereocenters. The predicted molar refractivity (Wildman–Crippen MR) is 66.7 cm³/mol. The van der Waals surface area contributed by atoms with Crippen LogP contribution in [0.4, 0.5) is 0 Å². The Kier molecular flexibility index (Phi) is 4.36. The molecule has 0 spiro atoms. The average Bonchev–Trinajstić information content (AvgIpc) is 2.81. The third-order valence-electron chi connectivity index (χ3n) is 3.49. The molecule has 1 amide bonds. The predicted octanol–water partition coefficient (Wildman–Crippen LogP) is 0.588. The van der Waals surface area contributed by atoms with Gasteiger partial charge in [-0.25, -0.2) is 0 Å². The smallest absolute Gasteiger partial charge is 0.306 e. The summed E-state index contributed by atoms with van der Waals surface area (Å²) in [5.74, 6) is -0.220. The minimum Gasteiger partial charge on any atom is -0.463 e. The summed E-state index contributed by atoms with van der Waals surface area (Å²) in [4.78, 5) is 25.4. The van der Waals surface area contributed by atoms with E-state index >= 15 is 0 Å². The molecule has 0 saturated carbocycles. The Morgan fingerprint density at radius 3 is 3.00 bits per heavy atom. The van der Waals surface area contributed by atoms with E-state index in [0.717, 1.165) is 19.4 Å². The Labute approximate surface area is 107 Å². The Morgan fingerprint density at radius 1 is 1.33 bits per heavy atom. The normalized spacial score (nSPS) is 32.2. The molecule has 5 nitrogen and oxygen atoms in total. The molecule has 1 fully saturated rings. The van der Waals surface area contributed by atoms with Crippen molar-refractivity contribution in [2.24, 2.45) is 5.73 Å². The van der Waals surface area contributed by atoms with E-state index in [1.54, 1.807) is 4.90 Å². The highest BCUT2D eigenvalue weighted by atomic mass is 16.5. The fourth-order valence-electron chi connectivity index (χ4n) is 2.44. The molecule has 2 aliphatic rings. The highest BCUT2D eigenvalue weighted by Gasteiger charge is 2.32. The zero-order valence-electron chi connectivity index (χ0n) is 10.5. The van der Waals surface area contributed by atoms with E-state index in [0.29, 0.717) is 25.9 Å². The Morgan fingerprint density at radius 2 is 2.17 bits per heavy atom. The number of nitrogens with zero attached hydrogens (tertiary/aromatic N) is 1. The summed E-state index contributed by atoms with van der Waals surface area (Å²) in [6.07, 6.45) is 7.19. The van der Waals surface area contributed by atoms with Gasteiger partial charge in [-0.1, -0.05) is 12.2 Å². The molecule has 18 heavy (non-hydrogen) atoms. The largest absolute Gasteiger partial charge is 0.463 e. The third-order valence-corrected chi connectivity index (χ3v) is 3.49. The molecule has 2 aliphatic heterocycles. The van der Waals surface area contributed by atoms with Crippen molar-refractivity contribution >= 4 is 11.9 Å². The summed E-state index contributed by atoms with van der Waals surface area (Å²) in [6, 6.07) is -0.465. The summed E-state index contributed by atoms with van der Waals surface area (Å²) >= 11 is 0. The summed E-state index contributed by atoms with van der Waals surface area (Å²) < 4.78 is 5.20. The molecule has 0 bridgehead atoms. The van der Waals surface area contributed by atoms with E-state index in [-0.39, 0.29) is 17.9 Å². The number of ether oxygens (including phenoxy) is 1. The number of esters is 1. The topological polar surface area (TPSA) is 72.6 Å². The lowest BCUT2D eigenvalue weighted by Crippen LogP contribution is -2.47. The number of hydrogen-bond acceptors (Lipinski definition) is 4. The van der Waals surface area contributed by atoms with Gasteiger partial charge < -0.3 is 15.4 Å². The van der Waals surface area contributed by atoms with Crippen LogP contribution in [0.3, 0.4) is 0 Å². The van der Waals surface area contributed by atoms with Crippen LogP contribution in [-0.2, 0) is 14.3 Å². The lowest BCUT2D eigenvalue weighted by molar-refractivity contribution is -0.147. The molecule has 2 heterocycles. The number of rotatable bonds is 0. The molecular weight excluding hydrogens is 232 g/mol. The van der Waals surface area contributed by atoms with Gasteiger partial charge in [-0.2, -0.15) is 0 Å². The summed E-state index contributed by atoms with van der Waals surface area (Å²) in [5, 5.41) is 0. The van der Waals surface area contributed by atoms with Gasteiger partial charge in [0.05, 0.1) is 12.1 Å². The minimum absolute atomic E-state index is 0.0101. The fourth-order valence-corrected chi connectivity index (χ4v) is 2.44. The maximum absolute atomic E-state index is 12.2. The second-order valence-corrected chi connectivity index (χ2v) is 4.86. The Bertz CT molecular complexity index is 354. The number of fused-ring (bicyclic) bond motifs is 1. The van der Waals surface area contributed by atoms with Crippen molar-refractivity contribution in [1.82, 2.24) is 4.90 Å². The van der Waals surface area contributed by atoms with Gasteiger partial charge in [0.25, 0.3) is 0 Å². The highest BCUT2D eigenvalue weighted by Crippen LogP contribution is 2.19. The number of allylic oxidation sites excluding steroid dienone is 1. The van der Waals surface area contributed by atoms with Crippen molar-refractivity contribution in [2.75, 3.05) is 13.2 Å². The van der Waals surface area contributed by atoms with E-state index < -0.39 is 6.04 Å². The first-order valence-electron chi connectivity index (χ1n) is 6.55. The van der Waals surface area contributed by atoms with Gasteiger partial charge in [-0.3, -0.25) is 9.59 Å². The summed E-state index contributed by atoms with van der Waals surface area (Å²) in [5.41, 5.74) is 5.89. The Balaban J connectivity index is 2.08. The number of nitrogens with two attached hydrogens (primary N) is 1. The van der Waals surface area contributed by atoms with Gasteiger partial charge in [0.15, 0.2) is 0 Å². The molecule has 0 aromatic carbocycles. The summed E-state index contributed by atoms with van der Waals surface area (Å²) in [7, 11) is 0. The first-order chi connectivity index (χ1) is 8.68. The van der Waals surface area contributed by atoms with Crippen molar-refractivity contribution in [1.29, 1.82) is 0 Å². The van der Waals surface area contributed by atoms with Crippen LogP contribution >= 0.6 is 0 Å². The van der Waals surface area contributed by atoms with Crippen molar-refractivity contribution in [2.45, 2.75) is 44.2 Å². The van der Waals surface area contributed by atoms with Crippen LogP contribution in [0, 0.1) is 0 Å².